The third-order valence-corrected chi connectivity index (χ3v) is 5.42. The summed E-state index contributed by atoms with van der Waals surface area (Å²) in [6.07, 6.45) is 2.00. The Bertz CT molecular complexity index is 954. The van der Waals surface area contributed by atoms with Gasteiger partial charge in [0.2, 0.25) is 0 Å². The molecule has 0 saturated heterocycles. The summed E-state index contributed by atoms with van der Waals surface area (Å²) in [5.74, 6) is -0.159. The number of amides is 1. The van der Waals surface area contributed by atoms with Crippen LogP contribution in [0, 0.1) is 6.92 Å². The number of hydrogen-bond donors (Lipinski definition) is 1. The molecule has 1 aliphatic carbocycles. The first-order valence-corrected chi connectivity index (χ1v) is 9.30. The molecule has 2 aromatic heterocycles. The SMILES string of the molecule is Cc1cc(C(=O)Nc2nc3c(s2)CCc2ccccc2-3)n(C(C)C)n1. The molecule has 1 aliphatic rings. The van der Waals surface area contributed by atoms with E-state index in [0.29, 0.717) is 10.8 Å². The second-order valence-electron chi connectivity index (χ2n) is 6.61. The summed E-state index contributed by atoms with van der Waals surface area (Å²) in [6, 6.07) is 10.3. The molecule has 5 nitrogen and oxygen atoms in total. The van der Waals surface area contributed by atoms with Gasteiger partial charge in [-0.25, -0.2) is 4.98 Å². The molecule has 3 aromatic rings. The Morgan fingerprint density at radius 1 is 1.28 bits per heavy atom. The molecule has 1 amide bonds. The Morgan fingerprint density at radius 2 is 2.08 bits per heavy atom. The molecule has 6 heteroatoms. The lowest BCUT2D eigenvalue weighted by molar-refractivity contribution is 0.101. The normalized spacial score (nSPS) is 12.8. The van der Waals surface area contributed by atoms with E-state index in [9.17, 15) is 4.79 Å². The quantitative estimate of drug-likeness (QED) is 0.767. The van der Waals surface area contributed by atoms with Gasteiger partial charge in [0.25, 0.3) is 5.91 Å². The van der Waals surface area contributed by atoms with Crippen LogP contribution in [-0.4, -0.2) is 20.7 Å². The van der Waals surface area contributed by atoms with Crippen LogP contribution in [0.2, 0.25) is 0 Å². The minimum atomic E-state index is -0.159. The van der Waals surface area contributed by atoms with E-state index in [1.54, 1.807) is 16.0 Å². The van der Waals surface area contributed by atoms with E-state index >= 15 is 0 Å². The highest BCUT2D eigenvalue weighted by molar-refractivity contribution is 7.16. The number of aryl methyl sites for hydroxylation is 3. The maximum atomic E-state index is 12.7. The third kappa shape index (κ3) is 2.87. The third-order valence-electron chi connectivity index (χ3n) is 4.39. The van der Waals surface area contributed by atoms with Crippen molar-refractivity contribution in [2.75, 3.05) is 5.32 Å². The van der Waals surface area contributed by atoms with E-state index in [1.807, 2.05) is 32.9 Å². The molecular weight excluding hydrogens is 332 g/mol. The van der Waals surface area contributed by atoms with Gasteiger partial charge in [-0.2, -0.15) is 5.10 Å². The van der Waals surface area contributed by atoms with Crippen molar-refractivity contribution in [3.63, 3.8) is 0 Å². The monoisotopic (exact) mass is 352 g/mol. The van der Waals surface area contributed by atoms with Crippen molar-refractivity contribution >= 4 is 22.4 Å². The van der Waals surface area contributed by atoms with Crippen LogP contribution in [0.25, 0.3) is 11.3 Å². The molecule has 4 rings (SSSR count). The number of thiazole rings is 1. The van der Waals surface area contributed by atoms with Crippen LogP contribution in [0.15, 0.2) is 30.3 Å². The van der Waals surface area contributed by atoms with Crippen molar-refractivity contribution in [1.29, 1.82) is 0 Å². The van der Waals surface area contributed by atoms with Gasteiger partial charge in [-0.05, 0) is 45.2 Å². The number of aromatic nitrogens is 3. The zero-order valence-electron chi connectivity index (χ0n) is 14.5. The second-order valence-corrected chi connectivity index (χ2v) is 7.69. The average molecular weight is 352 g/mol. The maximum Gasteiger partial charge on any atom is 0.275 e. The summed E-state index contributed by atoms with van der Waals surface area (Å²) in [7, 11) is 0. The van der Waals surface area contributed by atoms with Crippen molar-refractivity contribution in [1.82, 2.24) is 14.8 Å². The van der Waals surface area contributed by atoms with Crippen molar-refractivity contribution in [2.24, 2.45) is 0 Å². The first-order valence-electron chi connectivity index (χ1n) is 8.48. The van der Waals surface area contributed by atoms with E-state index in [-0.39, 0.29) is 11.9 Å². The van der Waals surface area contributed by atoms with Gasteiger partial charge in [0, 0.05) is 16.5 Å². The molecular formula is C19H20N4OS. The zero-order valence-corrected chi connectivity index (χ0v) is 15.4. The van der Waals surface area contributed by atoms with Gasteiger partial charge in [0.15, 0.2) is 5.13 Å². The lowest BCUT2D eigenvalue weighted by atomic mass is 9.94. The number of carbonyl (C=O) groups excluding carboxylic acids is 1. The maximum absolute atomic E-state index is 12.7. The fourth-order valence-electron chi connectivity index (χ4n) is 3.24. The van der Waals surface area contributed by atoms with E-state index in [2.05, 4.69) is 28.6 Å². The lowest BCUT2D eigenvalue weighted by Crippen LogP contribution is -2.18. The van der Waals surface area contributed by atoms with Crippen LogP contribution in [0.4, 0.5) is 5.13 Å². The highest BCUT2D eigenvalue weighted by atomic mass is 32.1. The first-order chi connectivity index (χ1) is 12.0. The molecule has 0 aliphatic heterocycles. The van der Waals surface area contributed by atoms with Gasteiger partial charge >= 0.3 is 0 Å². The molecule has 0 bridgehead atoms. The topological polar surface area (TPSA) is 59.8 Å². The predicted octanol–water partition coefficient (Wildman–Crippen LogP) is 4.25. The minimum absolute atomic E-state index is 0.130. The Hall–Kier alpha value is -2.47. The summed E-state index contributed by atoms with van der Waals surface area (Å²) in [5, 5.41) is 8.02. The molecule has 0 radical (unpaired) electrons. The van der Waals surface area contributed by atoms with E-state index in [1.165, 1.54) is 16.0 Å². The molecule has 0 unspecified atom stereocenters. The van der Waals surface area contributed by atoms with E-state index in [0.717, 1.165) is 24.2 Å². The molecule has 0 saturated carbocycles. The van der Waals surface area contributed by atoms with Gasteiger partial charge in [-0.3, -0.25) is 14.8 Å². The number of benzene rings is 1. The summed E-state index contributed by atoms with van der Waals surface area (Å²) >= 11 is 1.57. The van der Waals surface area contributed by atoms with Crippen LogP contribution in [0.3, 0.4) is 0 Å². The molecule has 0 atom stereocenters. The van der Waals surface area contributed by atoms with Crippen molar-refractivity contribution < 1.29 is 4.79 Å². The highest BCUT2D eigenvalue weighted by Gasteiger charge is 2.22. The number of nitrogens with one attached hydrogen (secondary N) is 1. The number of hydrogen-bond acceptors (Lipinski definition) is 4. The van der Waals surface area contributed by atoms with Crippen molar-refractivity contribution in [3.05, 3.63) is 52.2 Å². The molecule has 0 spiro atoms. The fraction of sp³-hybridized carbons (Fsp3) is 0.316. The van der Waals surface area contributed by atoms with E-state index in [4.69, 9.17) is 4.98 Å². The van der Waals surface area contributed by atoms with Crippen molar-refractivity contribution in [2.45, 2.75) is 39.7 Å². The molecule has 25 heavy (non-hydrogen) atoms. The minimum Gasteiger partial charge on any atom is -0.296 e. The van der Waals surface area contributed by atoms with Gasteiger partial charge in [-0.1, -0.05) is 24.3 Å². The molecule has 2 heterocycles. The van der Waals surface area contributed by atoms with Crippen LogP contribution >= 0.6 is 11.3 Å². The summed E-state index contributed by atoms with van der Waals surface area (Å²) in [4.78, 5) is 18.6. The molecule has 128 valence electrons. The molecule has 0 fully saturated rings. The van der Waals surface area contributed by atoms with Gasteiger partial charge in [-0.15, -0.1) is 11.3 Å². The number of nitrogens with zero attached hydrogens (tertiary/aromatic N) is 3. The Labute approximate surface area is 150 Å². The van der Waals surface area contributed by atoms with Crippen LogP contribution in [0.5, 0.6) is 0 Å². The zero-order chi connectivity index (χ0) is 17.6. The number of anilines is 1. The standard InChI is InChI=1S/C19H20N4OS/c1-11(2)23-15(10-12(3)22-23)18(24)21-19-20-17-14-7-5-4-6-13(14)8-9-16(17)25-19/h4-7,10-11H,8-9H2,1-3H3,(H,20,21,24). The summed E-state index contributed by atoms with van der Waals surface area (Å²) in [6.45, 7) is 5.93. The summed E-state index contributed by atoms with van der Waals surface area (Å²) in [5.41, 5.74) is 4.93. The van der Waals surface area contributed by atoms with Crippen LogP contribution in [-0.2, 0) is 12.8 Å². The smallest absolute Gasteiger partial charge is 0.275 e. The number of fused-ring (bicyclic) bond motifs is 3. The van der Waals surface area contributed by atoms with Crippen LogP contribution < -0.4 is 5.32 Å². The van der Waals surface area contributed by atoms with Gasteiger partial charge in [0.05, 0.1) is 11.4 Å². The number of carbonyl (C=O) groups is 1. The van der Waals surface area contributed by atoms with E-state index < -0.39 is 0 Å². The van der Waals surface area contributed by atoms with Crippen molar-refractivity contribution in [3.8, 4) is 11.3 Å². The lowest BCUT2D eigenvalue weighted by Gasteiger charge is -2.13. The van der Waals surface area contributed by atoms with Crippen LogP contribution in [0.1, 0.15) is 46.5 Å². The number of rotatable bonds is 3. The Balaban J connectivity index is 1.63. The predicted molar refractivity (Wildman–Crippen MR) is 100 cm³/mol. The fourth-order valence-corrected chi connectivity index (χ4v) is 4.21. The Morgan fingerprint density at radius 3 is 2.88 bits per heavy atom. The first kappa shape index (κ1) is 16.0. The largest absolute Gasteiger partial charge is 0.296 e. The average Bonchev–Trinajstić information content (AvgIpc) is 3.18. The molecule has 1 aromatic carbocycles. The Kier molecular flexibility index (Phi) is 3.92. The van der Waals surface area contributed by atoms with Gasteiger partial charge < -0.3 is 0 Å². The second kappa shape index (κ2) is 6.11. The highest BCUT2D eigenvalue weighted by Crippen LogP contribution is 2.38. The molecule has 1 N–H and O–H groups in total. The summed E-state index contributed by atoms with van der Waals surface area (Å²) < 4.78 is 1.76. The van der Waals surface area contributed by atoms with Gasteiger partial charge in [0.1, 0.15) is 5.69 Å².